The van der Waals surface area contributed by atoms with Crippen LogP contribution in [0.3, 0.4) is 0 Å². The number of amides is 1. The van der Waals surface area contributed by atoms with E-state index < -0.39 is 0 Å². The van der Waals surface area contributed by atoms with Gasteiger partial charge in [-0.1, -0.05) is 29.8 Å². The highest BCUT2D eigenvalue weighted by molar-refractivity contribution is 9.10. The van der Waals surface area contributed by atoms with Crippen molar-refractivity contribution in [2.24, 2.45) is 5.92 Å². The summed E-state index contributed by atoms with van der Waals surface area (Å²) in [6.07, 6.45) is 1.02. The zero-order valence-corrected chi connectivity index (χ0v) is 11.6. The molecule has 1 rings (SSSR count). The van der Waals surface area contributed by atoms with E-state index >= 15 is 0 Å². The predicted molar refractivity (Wildman–Crippen MR) is 70.7 cm³/mol. The second kappa shape index (κ2) is 6.04. The Balaban J connectivity index is 2.56. The van der Waals surface area contributed by atoms with Gasteiger partial charge in [-0.3, -0.25) is 4.79 Å². The lowest BCUT2D eigenvalue weighted by molar-refractivity contribution is 0.0952. The summed E-state index contributed by atoms with van der Waals surface area (Å²) in [5.41, 5.74) is 1.81. The van der Waals surface area contributed by atoms with Gasteiger partial charge in [0.2, 0.25) is 0 Å². The summed E-state index contributed by atoms with van der Waals surface area (Å²) in [6.45, 7) is 7.02. The Morgan fingerprint density at radius 1 is 1.44 bits per heavy atom. The largest absolute Gasteiger partial charge is 0.352 e. The van der Waals surface area contributed by atoms with Crippen LogP contribution in [0.2, 0.25) is 0 Å². The van der Waals surface area contributed by atoms with Gasteiger partial charge in [-0.05, 0) is 43.0 Å². The Morgan fingerprint density at radius 2 is 2.12 bits per heavy atom. The van der Waals surface area contributed by atoms with Gasteiger partial charge < -0.3 is 5.32 Å². The van der Waals surface area contributed by atoms with E-state index in [1.807, 2.05) is 25.1 Å². The Labute approximate surface area is 106 Å². The van der Waals surface area contributed by atoms with Gasteiger partial charge >= 0.3 is 0 Å². The zero-order chi connectivity index (χ0) is 12.1. The van der Waals surface area contributed by atoms with E-state index in [4.69, 9.17) is 0 Å². The van der Waals surface area contributed by atoms with Gasteiger partial charge in [0.25, 0.3) is 5.91 Å². The molecule has 0 atom stereocenters. The van der Waals surface area contributed by atoms with E-state index in [0.29, 0.717) is 5.92 Å². The summed E-state index contributed by atoms with van der Waals surface area (Å²) < 4.78 is 1.03. The van der Waals surface area contributed by atoms with Crippen LogP contribution < -0.4 is 5.32 Å². The van der Waals surface area contributed by atoms with E-state index in [1.54, 1.807) is 0 Å². The summed E-state index contributed by atoms with van der Waals surface area (Å²) in [6, 6.07) is 5.64. The number of benzene rings is 1. The molecule has 1 N–H and O–H groups in total. The summed E-state index contributed by atoms with van der Waals surface area (Å²) in [5.74, 6) is 0.628. The van der Waals surface area contributed by atoms with Gasteiger partial charge in [0.1, 0.15) is 0 Å². The first kappa shape index (κ1) is 13.2. The lowest BCUT2D eigenvalue weighted by Crippen LogP contribution is -2.25. The fraction of sp³-hybridized carbons (Fsp3) is 0.462. The number of hydrogen-bond acceptors (Lipinski definition) is 1. The third-order valence-electron chi connectivity index (χ3n) is 2.43. The molecule has 88 valence electrons. The molecule has 0 saturated carbocycles. The average Bonchev–Trinajstić information content (AvgIpc) is 2.21. The van der Waals surface area contributed by atoms with Gasteiger partial charge in [0, 0.05) is 16.6 Å². The highest BCUT2D eigenvalue weighted by Gasteiger charge is 2.06. The van der Waals surface area contributed by atoms with Crippen LogP contribution >= 0.6 is 15.9 Å². The minimum atomic E-state index is 0.0104. The van der Waals surface area contributed by atoms with Crippen molar-refractivity contribution in [3.05, 3.63) is 33.8 Å². The zero-order valence-electron chi connectivity index (χ0n) is 10.0. The number of carbonyl (C=O) groups is 1. The molecular formula is C13H18BrNO. The Kier molecular flexibility index (Phi) is 5.00. The minimum Gasteiger partial charge on any atom is -0.352 e. The van der Waals surface area contributed by atoms with Crippen LogP contribution in [0.1, 0.15) is 36.2 Å². The topological polar surface area (TPSA) is 29.1 Å². The van der Waals surface area contributed by atoms with Gasteiger partial charge in [-0.2, -0.15) is 0 Å². The van der Waals surface area contributed by atoms with E-state index in [-0.39, 0.29) is 5.91 Å². The monoisotopic (exact) mass is 283 g/mol. The number of rotatable bonds is 4. The molecule has 0 radical (unpaired) electrons. The maximum absolute atomic E-state index is 11.8. The maximum atomic E-state index is 11.8. The van der Waals surface area contributed by atoms with Crippen LogP contribution in [0.4, 0.5) is 0 Å². The van der Waals surface area contributed by atoms with Crippen LogP contribution in [0.15, 0.2) is 22.7 Å². The molecule has 0 aromatic heterocycles. The van der Waals surface area contributed by atoms with E-state index in [0.717, 1.165) is 28.6 Å². The summed E-state index contributed by atoms with van der Waals surface area (Å²) in [4.78, 5) is 11.8. The number of aryl methyl sites for hydroxylation is 1. The molecule has 0 aliphatic heterocycles. The van der Waals surface area contributed by atoms with Crippen LogP contribution in [-0.4, -0.2) is 12.5 Å². The SMILES string of the molecule is Cc1cc(C(=O)NCCC(C)C)ccc1Br. The second-order valence-corrected chi connectivity index (χ2v) is 5.26. The van der Waals surface area contributed by atoms with Crippen molar-refractivity contribution in [3.8, 4) is 0 Å². The Morgan fingerprint density at radius 3 is 2.69 bits per heavy atom. The van der Waals surface area contributed by atoms with Crippen LogP contribution in [0.5, 0.6) is 0 Å². The first-order valence-electron chi connectivity index (χ1n) is 5.55. The third kappa shape index (κ3) is 3.97. The molecule has 0 aliphatic carbocycles. The van der Waals surface area contributed by atoms with Gasteiger partial charge in [-0.15, -0.1) is 0 Å². The highest BCUT2D eigenvalue weighted by atomic mass is 79.9. The third-order valence-corrected chi connectivity index (χ3v) is 3.32. The minimum absolute atomic E-state index is 0.0104. The van der Waals surface area contributed by atoms with Crippen molar-refractivity contribution in [3.63, 3.8) is 0 Å². The Hall–Kier alpha value is -0.830. The van der Waals surface area contributed by atoms with Crippen molar-refractivity contribution in [1.82, 2.24) is 5.32 Å². The smallest absolute Gasteiger partial charge is 0.251 e. The fourth-order valence-electron chi connectivity index (χ4n) is 1.36. The molecule has 0 fully saturated rings. The molecule has 1 aromatic carbocycles. The first-order valence-corrected chi connectivity index (χ1v) is 6.34. The van der Waals surface area contributed by atoms with E-state index in [2.05, 4.69) is 35.1 Å². The molecule has 0 bridgehead atoms. The molecular weight excluding hydrogens is 266 g/mol. The van der Waals surface area contributed by atoms with Crippen LogP contribution in [0, 0.1) is 12.8 Å². The number of halogens is 1. The molecule has 1 aromatic rings. The van der Waals surface area contributed by atoms with Crippen molar-refractivity contribution < 1.29 is 4.79 Å². The molecule has 16 heavy (non-hydrogen) atoms. The van der Waals surface area contributed by atoms with Gasteiger partial charge in [0.15, 0.2) is 0 Å². The molecule has 3 heteroatoms. The average molecular weight is 284 g/mol. The maximum Gasteiger partial charge on any atom is 0.251 e. The van der Waals surface area contributed by atoms with E-state index in [1.165, 1.54) is 0 Å². The predicted octanol–water partition coefficient (Wildman–Crippen LogP) is 3.53. The quantitative estimate of drug-likeness (QED) is 0.900. The molecule has 0 aliphatic rings. The molecule has 0 spiro atoms. The standard InChI is InChI=1S/C13H18BrNO/c1-9(2)6-7-15-13(16)11-4-5-12(14)10(3)8-11/h4-5,8-9H,6-7H2,1-3H3,(H,15,16). The summed E-state index contributed by atoms with van der Waals surface area (Å²) in [7, 11) is 0. The Bertz CT molecular complexity index is 374. The highest BCUT2D eigenvalue weighted by Crippen LogP contribution is 2.16. The number of carbonyl (C=O) groups excluding carboxylic acids is 1. The van der Waals surface area contributed by atoms with Crippen molar-refractivity contribution >= 4 is 21.8 Å². The van der Waals surface area contributed by atoms with Crippen molar-refractivity contribution in [1.29, 1.82) is 0 Å². The normalized spacial score (nSPS) is 10.6. The van der Waals surface area contributed by atoms with Gasteiger partial charge in [-0.25, -0.2) is 0 Å². The molecule has 2 nitrogen and oxygen atoms in total. The molecule has 0 unspecified atom stereocenters. The first-order chi connectivity index (χ1) is 7.50. The van der Waals surface area contributed by atoms with Crippen LogP contribution in [0.25, 0.3) is 0 Å². The van der Waals surface area contributed by atoms with Gasteiger partial charge in [0.05, 0.1) is 0 Å². The number of hydrogen-bond donors (Lipinski definition) is 1. The van der Waals surface area contributed by atoms with E-state index in [9.17, 15) is 4.79 Å². The molecule has 0 heterocycles. The molecule has 0 saturated heterocycles. The molecule has 1 amide bonds. The fourth-order valence-corrected chi connectivity index (χ4v) is 1.61. The number of nitrogens with one attached hydrogen (secondary N) is 1. The van der Waals surface area contributed by atoms with Crippen molar-refractivity contribution in [2.75, 3.05) is 6.54 Å². The van der Waals surface area contributed by atoms with Crippen molar-refractivity contribution in [2.45, 2.75) is 27.2 Å². The van der Waals surface area contributed by atoms with Crippen LogP contribution in [-0.2, 0) is 0 Å². The lowest BCUT2D eigenvalue weighted by Gasteiger charge is -2.08. The summed E-state index contributed by atoms with van der Waals surface area (Å²) >= 11 is 3.42. The lowest BCUT2D eigenvalue weighted by atomic mass is 10.1. The summed E-state index contributed by atoms with van der Waals surface area (Å²) in [5, 5.41) is 2.92. The second-order valence-electron chi connectivity index (χ2n) is 4.40.